The molecule has 0 bridgehead atoms. The fourth-order valence-electron chi connectivity index (χ4n) is 2.54. The number of esters is 1. The number of benzene rings is 1. The summed E-state index contributed by atoms with van der Waals surface area (Å²) in [6, 6.07) is 11.1. The molecule has 0 aliphatic rings. The van der Waals surface area contributed by atoms with E-state index in [0.29, 0.717) is 5.65 Å². The van der Waals surface area contributed by atoms with Crippen LogP contribution in [-0.4, -0.2) is 30.3 Å². The molecule has 0 unspecified atom stereocenters. The Hall–Kier alpha value is -3.04. The van der Waals surface area contributed by atoms with Gasteiger partial charge in [-0.3, -0.25) is 14.0 Å². The van der Waals surface area contributed by atoms with Crippen LogP contribution in [0.3, 0.4) is 0 Å². The van der Waals surface area contributed by atoms with Crippen LogP contribution in [0.25, 0.3) is 5.65 Å². The zero-order valence-corrected chi connectivity index (χ0v) is 16.2. The molecule has 2 aromatic heterocycles. The minimum Gasteiger partial charge on any atom is -0.458 e. The van der Waals surface area contributed by atoms with Crippen molar-refractivity contribution in [3.05, 3.63) is 75.8 Å². The van der Waals surface area contributed by atoms with Crippen LogP contribution in [-0.2, 0) is 26.2 Å². The van der Waals surface area contributed by atoms with Gasteiger partial charge in [-0.15, -0.1) is 0 Å². The molecular weight excluding hydrogens is 382 g/mol. The number of hydrogen-bond donors (Lipinski definition) is 1. The Bertz CT molecular complexity index is 1180. The molecule has 0 saturated carbocycles. The molecule has 9 heteroatoms. The van der Waals surface area contributed by atoms with Gasteiger partial charge >= 0.3 is 5.97 Å². The van der Waals surface area contributed by atoms with E-state index in [1.54, 1.807) is 24.4 Å². The molecule has 3 rings (SSSR count). The average Bonchev–Trinajstić information content (AvgIpc) is 2.66. The van der Waals surface area contributed by atoms with E-state index in [0.717, 1.165) is 11.1 Å². The van der Waals surface area contributed by atoms with Crippen LogP contribution in [0, 0.1) is 13.8 Å². The first-order valence-electron chi connectivity index (χ1n) is 8.46. The number of nitrogens with zero attached hydrogens (tertiary/aromatic N) is 2. The molecule has 0 amide bonds. The second-order valence-electron chi connectivity index (χ2n) is 6.27. The minimum absolute atomic E-state index is 0.0607. The summed E-state index contributed by atoms with van der Waals surface area (Å²) in [4.78, 5) is 28.4. The number of fused-ring (bicyclic) bond motifs is 1. The standard InChI is InChI=1S/C19H19N3O5S/c1-13-5-7-16(8-6-13)28(25,26)20-11-18(24)27-12-15-10-17(23)22-9-3-4-14(2)19(22)21-15/h3-10,20H,11-12H2,1-2H3. The number of nitrogens with one attached hydrogen (secondary N) is 1. The van der Waals surface area contributed by atoms with Crippen LogP contribution in [0.1, 0.15) is 16.8 Å². The van der Waals surface area contributed by atoms with Gasteiger partial charge in [0.2, 0.25) is 10.0 Å². The number of hydrogen-bond acceptors (Lipinski definition) is 6. The molecule has 28 heavy (non-hydrogen) atoms. The summed E-state index contributed by atoms with van der Waals surface area (Å²) >= 11 is 0. The first-order chi connectivity index (χ1) is 13.3. The minimum atomic E-state index is -3.82. The van der Waals surface area contributed by atoms with E-state index in [9.17, 15) is 18.0 Å². The van der Waals surface area contributed by atoms with E-state index in [-0.39, 0.29) is 22.8 Å². The zero-order chi connectivity index (χ0) is 20.3. The van der Waals surface area contributed by atoms with Crippen LogP contribution >= 0.6 is 0 Å². The highest BCUT2D eigenvalue weighted by Crippen LogP contribution is 2.10. The third kappa shape index (κ3) is 4.44. The molecule has 1 aromatic carbocycles. The second-order valence-corrected chi connectivity index (χ2v) is 8.04. The van der Waals surface area contributed by atoms with Crippen LogP contribution in [0.15, 0.2) is 58.4 Å². The Morgan fingerprint density at radius 3 is 2.61 bits per heavy atom. The molecule has 146 valence electrons. The lowest BCUT2D eigenvalue weighted by Crippen LogP contribution is -2.30. The van der Waals surface area contributed by atoms with Crippen molar-refractivity contribution in [2.24, 2.45) is 0 Å². The Labute approximate surface area is 161 Å². The summed E-state index contributed by atoms with van der Waals surface area (Å²) in [6.45, 7) is 2.90. The van der Waals surface area contributed by atoms with Gasteiger partial charge in [0.25, 0.3) is 5.56 Å². The monoisotopic (exact) mass is 401 g/mol. The van der Waals surface area contributed by atoms with Gasteiger partial charge in [-0.05, 0) is 37.6 Å². The molecule has 3 aromatic rings. The van der Waals surface area contributed by atoms with Crippen LogP contribution in [0.5, 0.6) is 0 Å². The number of sulfonamides is 1. The van der Waals surface area contributed by atoms with Crippen molar-refractivity contribution in [3.8, 4) is 0 Å². The maximum absolute atomic E-state index is 12.2. The highest BCUT2D eigenvalue weighted by Gasteiger charge is 2.16. The third-order valence-corrected chi connectivity index (χ3v) is 5.48. The van der Waals surface area contributed by atoms with Crippen molar-refractivity contribution in [1.82, 2.24) is 14.1 Å². The summed E-state index contributed by atoms with van der Waals surface area (Å²) in [7, 11) is -3.82. The summed E-state index contributed by atoms with van der Waals surface area (Å²) in [5, 5.41) is 0. The lowest BCUT2D eigenvalue weighted by atomic mass is 10.2. The molecule has 8 nitrogen and oxygen atoms in total. The fourth-order valence-corrected chi connectivity index (χ4v) is 3.51. The molecule has 2 heterocycles. The molecule has 0 fully saturated rings. The van der Waals surface area contributed by atoms with Crippen molar-refractivity contribution < 1.29 is 17.9 Å². The summed E-state index contributed by atoms with van der Waals surface area (Å²) in [5.74, 6) is -0.775. The van der Waals surface area contributed by atoms with Gasteiger partial charge in [-0.25, -0.2) is 13.4 Å². The largest absolute Gasteiger partial charge is 0.458 e. The van der Waals surface area contributed by atoms with Crippen molar-refractivity contribution in [1.29, 1.82) is 0 Å². The van der Waals surface area contributed by atoms with Crippen molar-refractivity contribution in [2.45, 2.75) is 25.3 Å². The number of ether oxygens (including phenoxy) is 1. The number of carbonyl (C=O) groups excluding carboxylic acids is 1. The van der Waals surface area contributed by atoms with Crippen molar-refractivity contribution in [2.75, 3.05) is 6.54 Å². The SMILES string of the molecule is Cc1ccc(S(=O)(=O)NCC(=O)OCc2cc(=O)n3cccc(C)c3n2)cc1. The molecule has 1 N–H and O–H groups in total. The lowest BCUT2D eigenvalue weighted by Gasteiger charge is -2.09. The van der Waals surface area contributed by atoms with Gasteiger partial charge in [0, 0.05) is 12.3 Å². The molecule has 0 radical (unpaired) electrons. The molecule has 0 aliphatic heterocycles. The van der Waals surface area contributed by atoms with Gasteiger partial charge in [0.1, 0.15) is 18.8 Å². The van der Waals surface area contributed by atoms with Gasteiger partial charge in [0.15, 0.2) is 0 Å². The summed E-state index contributed by atoms with van der Waals surface area (Å²) in [6.07, 6.45) is 1.60. The number of carbonyl (C=O) groups is 1. The molecule has 0 atom stereocenters. The van der Waals surface area contributed by atoms with Crippen LogP contribution in [0.4, 0.5) is 0 Å². The molecule has 0 saturated heterocycles. The predicted octanol–water partition coefficient (Wildman–Crippen LogP) is 1.33. The normalized spacial score (nSPS) is 11.5. The van der Waals surface area contributed by atoms with E-state index < -0.39 is 22.5 Å². The van der Waals surface area contributed by atoms with Gasteiger partial charge in [0.05, 0.1) is 10.6 Å². The Morgan fingerprint density at radius 1 is 1.18 bits per heavy atom. The van der Waals surface area contributed by atoms with E-state index in [2.05, 4.69) is 9.71 Å². The lowest BCUT2D eigenvalue weighted by molar-refractivity contribution is -0.143. The maximum Gasteiger partial charge on any atom is 0.321 e. The van der Waals surface area contributed by atoms with Crippen LogP contribution in [0.2, 0.25) is 0 Å². The van der Waals surface area contributed by atoms with E-state index in [1.165, 1.54) is 22.6 Å². The Balaban J connectivity index is 1.63. The topological polar surface area (TPSA) is 107 Å². The smallest absolute Gasteiger partial charge is 0.321 e. The number of rotatable bonds is 6. The van der Waals surface area contributed by atoms with Gasteiger partial charge in [-0.2, -0.15) is 4.72 Å². The summed E-state index contributed by atoms with van der Waals surface area (Å²) < 4.78 is 33.0. The van der Waals surface area contributed by atoms with Crippen molar-refractivity contribution >= 4 is 21.6 Å². The van der Waals surface area contributed by atoms with Crippen molar-refractivity contribution in [3.63, 3.8) is 0 Å². The van der Waals surface area contributed by atoms with E-state index in [1.807, 2.05) is 19.9 Å². The Kier molecular flexibility index (Phi) is 5.57. The molecule has 0 spiro atoms. The zero-order valence-electron chi connectivity index (χ0n) is 15.4. The predicted molar refractivity (Wildman–Crippen MR) is 102 cm³/mol. The van der Waals surface area contributed by atoms with Crippen LogP contribution < -0.4 is 10.3 Å². The van der Waals surface area contributed by atoms with E-state index in [4.69, 9.17) is 4.74 Å². The van der Waals surface area contributed by atoms with Gasteiger partial charge < -0.3 is 4.74 Å². The third-order valence-electron chi connectivity index (χ3n) is 4.06. The van der Waals surface area contributed by atoms with E-state index >= 15 is 0 Å². The number of aromatic nitrogens is 2. The quantitative estimate of drug-likeness (QED) is 0.625. The number of aryl methyl sites for hydroxylation is 2. The highest BCUT2D eigenvalue weighted by molar-refractivity contribution is 7.89. The summed E-state index contributed by atoms with van der Waals surface area (Å²) in [5.41, 5.74) is 2.20. The average molecular weight is 401 g/mol. The van der Waals surface area contributed by atoms with Gasteiger partial charge in [-0.1, -0.05) is 23.8 Å². The maximum atomic E-state index is 12.2. The Morgan fingerprint density at radius 2 is 1.89 bits per heavy atom. The highest BCUT2D eigenvalue weighted by atomic mass is 32.2. The second kappa shape index (κ2) is 7.91. The molecular formula is C19H19N3O5S. The first kappa shape index (κ1) is 19.7. The molecule has 0 aliphatic carbocycles. The fraction of sp³-hybridized carbons (Fsp3) is 0.211. The first-order valence-corrected chi connectivity index (χ1v) is 9.94. The number of pyridine rings is 1.